The molecule has 0 aliphatic rings. The molecule has 0 aliphatic heterocycles. The lowest BCUT2D eigenvalue weighted by Gasteiger charge is -2.08. The van der Waals surface area contributed by atoms with Crippen molar-refractivity contribution in [1.82, 2.24) is 0 Å². The Morgan fingerprint density at radius 2 is 1.81 bits per heavy atom. The summed E-state index contributed by atoms with van der Waals surface area (Å²) in [6.45, 7) is 1.84. The molecule has 0 atom stereocenters. The van der Waals surface area contributed by atoms with E-state index in [-0.39, 0.29) is 18.3 Å². The second kappa shape index (κ2) is 8.71. The molecule has 0 aliphatic carbocycles. The number of ether oxygens (including phenoxy) is 2. The second-order valence-corrected chi connectivity index (χ2v) is 5.61. The molecule has 0 bridgehead atoms. The van der Waals surface area contributed by atoms with Gasteiger partial charge in [-0.05, 0) is 31.2 Å². The lowest BCUT2D eigenvalue weighted by molar-refractivity contribution is -0.145. The first-order chi connectivity index (χ1) is 13.2. The van der Waals surface area contributed by atoms with E-state index in [1.54, 1.807) is 43.3 Å². The Morgan fingerprint density at radius 3 is 2.59 bits per heavy atom. The number of anilines is 1. The fraction of sp³-hybridized carbons (Fsp3) is 0.143. The van der Waals surface area contributed by atoms with Crippen LogP contribution in [0, 0.1) is 0 Å². The zero-order chi connectivity index (χ0) is 19.1. The second-order valence-electron chi connectivity index (χ2n) is 5.61. The Hall–Kier alpha value is -3.54. The number of esters is 1. The molecule has 1 aromatic heterocycles. The first-order valence-corrected chi connectivity index (χ1v) is 8.51. The van der Waals surface area contributed by atoms with Crippen LogP contribution in [0.25, 0.3) is 11.3 Å². The molecule has 0 radical (unpaired) electrons. The van der Waals surface area contributed by atoms with E-state index in [0.29, 0.717) is 23.8 Å². The van der Waals surface area contributed by atoms with Gasteiger partial charge in [0.05, 0.1) is 6.61 Å². The Balaban J connectivity index is 1.63. The van der Waals surface area contributed by atoms with Gasteiger partial charge in [-0.1, -0.05) is 36.4 Å². The van der Waals surface area contributed by atoms with Crippen molar-refractivity contribution in [2.75, 3.05) is 18.5 Å². The Kier molecular flexibility index (Phi) is 5.89. The summed E-state index contributed by atoms with van der Waals surface area (Å²) in [5.74, 6) is 0.444. The molecule has 0 unspecified atom stereocenters. The lowest BCUT2D eigenvalue weighted by atomic mass is 10.2. The molecule has 0 saturated carbocycles. The number of furan rings is 1. The molecule has 0 fully saturated rings. The monoisotopic (exact) mass is 365 g/mol. The number of benzene rings is 2. The minimum atomic E-state index is -0.448. The summed E-state index contributed by atoms with van der Waals surface area (Å²) in [6, 6.07) is 19.7. The molecule has 3 aromatic rings. The number of rotatable bonds is 7. The number of hydrogen-bond acceptors (Lipinski definition) is 5. The van der Waals surface area contributed by atoms with Crippen LogP contribution < -0.4 is 10.1 Å². The van der Waals surface area contributed by atoms with Gasteiger partial charge in [0.25, 0.3) is 5.91 Å². The predicted octanol–water partition coefficient (Wildman–Crippen LogP) is 4.14. The van der Waals surface area contributed by atoms with Crippen molar-refractivity contribution >= 4 is 17.6 Å². The van der Waals surface area contributed by atoms with Crippen LogP contribution in [-0.2, 0) is 9.53 Å². The van der Waals surface area contributed by atoms with Crippen LogP contribution in [0.4, 0.5) is 5.69 Å². The van der Waals surface area contributed by atoms with Crippen LogP contribution >= 0.6 is 0 Å². The quantitative estimate of drug-likeness (QED) is 0.637. The largest absolute Gasteiger partial charge is 0.482 e. The molecular weight excluding hydrogens is 346 g/mol. The van der Waals surface area contributed by atoms with Crippen LogP contribution in [0.2, 0.25) is 0 Å². The summed E-state index contributed by atoms with van der Waals surface area (Å²) in [7, 11) is 0. The summed E-state index contributed by atoms with van der Waals surface area (Å²) in [6.07, 6.45) is 0. The molecular formula is C21H19NO5. The fourth-order valence-electron chi connectivity index (χ4n) is 2.42. The van der Waals surface area contributed by atoms with Crippen molar-refractivity contribution in [3.05, 3.63) is 72.5 Å². The molecule has 27 heavy (non-hydrogen) atoms. The molecule has 0 spiro atoms. The lowest BCUT2D eigenvalue weighted by Crippen LogP contribution is -2.15. The molecule has 2 aromatic carbocycles. The first kappa shape index (κ1) is 18.3. The zero-order valence-electron chi connectivity index (χ0n) is 14.8. The number of carbonyl (C=O) groups is 2. The third-order valence-electron chi connectivity index (χ3n) is 3.64. The maximum absolute atomic E-state index is 12.4. The summed E-state index contributed by atoms with van der Waals surface area (Å²) in [4.78, 5) is 23.8. The minimum Gasteiger partial charge on any atom is -0.482 e. The van der Waals surface area contributed by atoms with E-state index in [1.165, 1.54) is 0 Å². The summed E-state index contributed by atoms with van der Waals surface area (Å²) in [5, 5.41) is 2.75. The average molecular weight is 365 g/mol. The number of nitrogens with one attached hydrogen (secondary N) is 1. The van der Waals surface area contributed by atoms with E-state index < -0.39 is 5.97 Å². The van der Waals surface area contributed by atoms with Crippen molar-refractivity contribution in [2.24, 2.45) is 0 Å². The molecule has 1 N–H and O–H groups in total. The predicted molar refractivity (Wildman–Crippen MR) is 101 cm³/mol. The van der Waals surface area contributed by atoms with Crippen molar-refractivity contribution in [3.8, 4) is 17.1 Å². The summed E-state index contributed by atoms with van der Waals surface area (Å²) in [5.41, 5.74) is 1.42. The van der Waals surface area contributed by atoms with Gasteiger partial charge in [0.15, 0.2) is 12.4 Å². The highest BCUT2D eigenvalue weighted by atomic mass is 16.6. The van der Waals surface area contributed by atoms with Gasteiger partial charge < -0.3 is 19.2 Å². The first-order valence-electron chi connectivity index (χ1n) is 8.51. The third-order valence-corrected chi connectivity index (χ3v) is 3.64. The van der Waals surface area contributed by atoms with Crippen LogP contribution in [0.3, 0.4) is 0 Å². The molecule has 1 amide bonds. The number of amides is 1. The highest BCUT2D eigenvalue weighted by Gasteiger charge is 2.13. The van der Waals surface area contributed by atoms with E-state index >= 15 is 0 Å². The van der Waals surface area contributed by atoms with Crippen molar-refractivity contribution in [1.29, 1.82) is 0 Å². The molecule has 1 heterocycles. The maximum Gasteiger partial charge on any atom is 0.344 e. The van der Waals surface area contributed by atoms with Crippen molar-refractivity contribution in [2.45, 2.75) is 6.92 Å². The van der Waals surface area contributed by atoms with E-state index in [2.05, 4.69) is 5.32 Å². The fourth-order valence-corrected chi connectivity index (χ4v) is 2.42. The van der Waals surface area contributed by atoms with Crippen molar-refractivity contribution in [3.63, 3.8) is 0 Å². The van der Waals surface area contributed by atoms with Crippen LogP contribution in [-0.4, -0.2) is 25.1 Å². The highest BCUT2D eigenvalue weighted by molar-refractivity contribution is 6.02. The molecule has 6 heteroatoms. The van der Waals surface area contributed by atoms with Gasteiger partial charge in [0.2, 0.25) is 0 Å². The SMILES string of the molecule is CCOC(=O)COc1cccc(NC(=O)c2ccc(-c3ccccc3)o2)c1. The molecule has 138 valence electrons. The van der Waals surface area contributed by atoms with E-state index in [4.69, 9.17) is 13.9 Å². The van der Waals surface area contributed by atoms with Gasteiger partial charge in [-0.25, -0.2) is 4.79 Å². The van der Waals surface area contributed by atoms with Gasteiger partial charge in [0.1, 0.15) is 11.5 Å². The molecule has 6 nitrogen and oxygen atoms in total. The topological polar surface area (TPSA) is 77.8 Å². The summed E-state index contributed by atoms with van der Waals surface area (Å²) >= 11 is 0. The Morgan fingerprint density at radius 1 is 1.00 bits per heavy atom. The smallest absolute Gasteiger partial charge is 0.344 e. The summed E-state index contributed by atoms with van der Waals surface area (Å²) < 4.78 is 15.8. The van der Waals surface area contributed by atoms with Gasteiger partial charge in [-0.2, -0.15) is 0 Å². The maximum atomic E-state index is 12.4. The van der Waals surface area contributed by atoms with E-state index in [0.717, 1.165) is 5.56 Å². The van der Waals surface area contributed by atoms with Crippen LogP contribution in [0.1, 0.15) is 17.5 Å². The van der Waals surface area contributed by atoms with Gasteiger partial charge >= 0.3 is 5.97 Å². The van der Waals surface area contributed by atoms with Gasteiger partial charge in [0, 0.05) is 17.3 Å². The highest BCUT2D eigenvalue weighted by Crippen LogP contribution is 2.23. The Labute approximate surface area is 156 Å². The van der Waals surface area contributed by atoms with Crippen LogP contribution in [0.15, 0.2) is 71.1 Å². The normalized spacial score (nSPS) is 10.3. The van der Waals surface area contributed by atoms with Gasteiger partial charge in [-0.3, -0.25) is 4.79 Å². The van der Waals surface area contributed by atoms with Gasteiger partial charge in [-0.15, -0.1) is 0 Å². The molecule has 0 saturated heterocycles. The zero-order valence-corrected chi connectivity index (χ0v) is 14.8. The third kappa shape index (κ3) is 4.98. The standard InChI is InChI=1S/C21H19NO5/c1-2-25-20(23)14-26-17-10-6-9-16(13-17)22-21(24)19-12-11-18(27-19)15-7-4-3-5-8-15/h3-13H,2,14H2,1H3,(H,22,24). The van der Waals surface area contributed by atoms with Crippen LogP contribution in [0.5, 0.6) is 5.75 Å². The minimum absolute atomic E-state index is 0.191. The number of carbonyl (C=O) groups excluding carboxylic acids is 2. The number of hydrogen-bond donors (Lipinski definition) is 1. The Bertz CT molecular complexity index is 917. The molecule has 3 rings (SSSR count). The van der Waals surface area contributed by atoms with Crippen molar-refractivity contribution < 1.29 is 23.5 Å². The average Bonchev–Trinajstić information content (AvgIpc) is 3.18. The van der Waals surface area contributed by atoms with E-state index in [9.17, 15) is 9.59 Å². The van der Waals surface area contributed by atoms with E-state index in [1.807, 2.05) is 30.3 Å².